The van der Waals surface area contributed by atoms with Crippen LogP contribution >= 0.6 is 0 Å². The second-order valence-electron chi connectivity index (χ2n) is 4.52. The molecule has 102 valence electrons. The van der Waals surface area contributed by atoms with Crippen LogP contribution in [0.2, 0.25) is 0 Å². The second-order valence-corrected chi connectivity index (χ2v) is 4.52. The third-order valence-corrected chi connectivity index (χ3v) is 3.03. The van der Waals surface area contributed by atoms with E-state index in [1.165, 1.54) is 18.5 Å². The van der Waals surface area contributed by atoms with Gasteiger partial charge in [-0.1, -0.05) is 6.07 Å². The molecule has 0 bridgehead atoms. The van der Waals surface area contributed by atoms with Crippen molar-refractivity contribution in [3.05, 3.63) is 42.1 Å². The molecule has 1 atom stereocenters. The first kappa shape index (κ1) is 12.4. The van der Waals surface area contributed by atoms with Crippen LogP contribution in [0.4, 0.5) is 0 Å². The van der Waals surface area contributed by atoms with Crippen LogP contribution in [0.1, 0.15) is 17.4 Å². The van der Waals surface area contributed by atoms with Gasteiger partial charge in [0.1, 0.15) is 17.7 Å². The van der Waals surface area contributed by atoms with Crippen LogP contribution < -0.4 is 5.73 Å². The van der Waals surface area contributed by atoms with E-state index < -0.39 is 0 Å². The molecule has 0 spiro atoms. The zero-order valence-corrected chi connectivity index (χ0v) is 10.5. The molecule has 1 unspecified atom stereocenters. The zero-order valence-electron chi connectivity index (χ0n) is 10.5. The Bertz CT molecular complexity index is 722. The fourth-order valence-electron chi connectivity index (χ4n) is 2.00. The largest absolute Gasteiger partial charge is 0.504 e. The van der Waals surface area contributed by atoms with Gasteiger partial charge in [0, 0.05) is 0 Å². The number of rotatable bonds is 3. The number of phenolic OH excluding ortho intramolecular Hbond substituents is 2. The van der Waals surface area contributed by atoms with E-state index in [-0.39, 0.29) is 17.5 Å². The van der Waals surface area contributed by atoms with Crippen LogP contribution in [0.5, 0.6) is 11.5 Å². The van der Waals surface area contributed by atoms with Crippen molar-refractivity contribution in [3.8, 4) is 11.5 Å². The highest BCUT2D eigenvalue weighted by atomic mass is 16.3. The summed E-state index contributed by atoms with van der Waals surface area (Å²) < 4.78 is 0. The van der Waals surface area contributed by atoms with Crippen LogP contribution in [-0.2, 0) is 6.42 Å². The summed E-state index contributed by atoms with van der Waals surface area (Å²) in [5, 5.41) is 18.7. The summed E-state index contributed by atoms with van der Waals surface area (Å²) >= 11 is 0. The van der Waals surface area contributed by atoms with Crippen LogP contribution in [0.15, 0.2) is 30.7 Å². The van der Waals surface area contributed by atoms with Gasteiger partial charge in [0.05, 0.1) is 12.2 Å². The number of H-pyrrole nitrogens is 1. The van der Waals surface area contributed by atoms with Gasteiger partial charge >= 0.3 is 0 Å². The van der Waals surface area contributed by atoms with Gasteiger partial charge in [-0.3, -0.25) is 0 Å². The van der Waals surface area contributed by atoms with Crippen molar-refractivity contribution in [1.29, 1.82) is 0 Å². The Morgan fingerprint density at radius 2 is 2.10 bits per heavy atom. The molecule has 7 nitrogen and oxygen atoms in total. The summed E-state index contributed by atoms with van der Waals surface area (Å²) in [7, 11) is 0. The van der Waals surface area contributed by atoms with Crippen LogP contribution in [0, 0.1) is 0 Å². The lowest BCUT2D eigenvalue weighted by Gasteiger charge is -2.09. The van der Waals surface area contributed by atoms with Crippen molar-refractivity contribution in [3.63, 3.8) is 0 Å². The molecule has 7 heteroatoms. The number of imidazole rings is 1. The summed E-state index contributed by atoms with van der Waals surface area (Å²) in [6.07, 6.45) is 3.54. The van der Waals surface area contributed by atoms with E-state index in [4.69, 9.17) is 5.73 Å². The van der Waals surface area contributed by atoms with Crippen molar-refractivity contribution in [2.24, 2.45) is 5.73 Å². The molecule has 0 fully saturated rings. The molecule has 0 radical (unpaired) electrons. The van der Waals surface area contributed by atoms with E-state index in [1.54, 1.807) is 12.3 Å². The number of hydrogen-bond acceptors (Lipinski definition) is 6. The number of phenols is 2. The van der Waals surface area contributed by atoms with Gasteiger partial charge in [0.2, 0.25) is 0 Å². The summed E-state index contributed by atoms with van der Waals surface area (Å²) in [5.41, 5.74) is 8.19. The van der Waals surface area contributed by atoms with Crippen molar-refractivity contribution in [2.75, 3.05) is 0 Å². The van der Waals surface area contributed by atoms with E-state index in [1.807, 2.05) is 0 Å². The minimum Gasteiger partial charge on any atom is -0.504 e. The molecule has 0 amide bonds. The lowest BCUT2D eigenvalue weighted by molar-refractivity contribution is 0.403. The predicted octanol–water partition coefficient (Wildman–Crippen LogP) is 1.01. The number of nitrogens with zero attached hydrogens (tertiary/aromatic N) is 3. The lowest BCUT2D eigenvalue weighted by atomic mass is 10.1. The van der Waals surface area contributed by atoms with Gasteiger partial charge in [-0.2, -0.15) is 0 Å². The molecule has 0 saturated heterocycles. The number of aromatic hydroxyl groups is 2. The Morgan fingerprint density at radius 1 is 1.25 bits per heavy atom. The van der Waals surface area contributed by atoms with Gasteiger partial charge in [0.15, 0.2) is 17.1 Å². The van der Waals surface area contributed by atoms with Crippen LogP contribution in [-0.4, -0.2) is 30.1 Å². The summed E-state index contributed by atoms with van der Waals surface area (Å²) in [5.74, 6) is 0.291. The number of benzene rings is 1. The molecular formula is C13H13N5O2. The first-order valence-corrected chi connectivity index (χ1v) is 6.05. The van der Waals surface area contributed by atoms with E-state index >= 15 is 0 Å². The van der Waals surface area contributed by atoms with Gasteiger partial charge < -0.3 is 20.9 Å². The minimum absolute atomic E-state index is 0.152. The van der Waals surface area contributed by atoms with E-state index in [9.17, 15) is 10.2 Å². The number of aromatic amines is 1. The topological polar surface area (TPSA) is 121 Å². The molecule has 2 aromatic heterocycles. The molecule has 0 aliphatic heterocycles. The Morgan fingerprint density at radius 3 is 2.85 bits per heavy atom. The molecule has 3 aromatic rings. The van der Waals surface area contributed by atoms with Crippen molar-refractivity contribution >= 4 is 11.2 Å². The fraction of sp³-hybridized carbons (Fsp3) is 0.154. The first-order valence-electron chi connectivity index (χ1n) is 6.05. The highest BCUT2D eigenvalue weighted by molar-refractivity contribution is 5.68. The molecule has 0 aliphatic rings. The Balaban J connectivity index is 1.84. The zero-order chi connectivity index (χ0) is 14.1. The third kappa shape index (κ3) is 2.26. The average molecular weight is 271 g/mol. The molecule has 0 aliphatic carbocycles. The van der Waals surface area contributed by atoms with Crippen molar-refractivity contribution < 1.29 is 10.2 Å². The Hall–Kier alpha value is -2.67. The average Bonchev–Trinajstić information content (AvgIpc) is 2.87. The standard InChI is InChI=1S/C13H13N5O2/c14-8(3-7-1-2-10(19)11(20)4-7)12-17-9-5-15-6-16-13(9)18-12/h1-2,4-6,8,19-20H,3,14H2,(H,15,16,17,18). The SMILES string of the molecule is NC(Cc1ccc(O)c(O)c1)c1nc2ncncc2[nH]1. The molecule has 20 heavy (non-hydrogen) atoms. The molecule has 1 aromatic carbocycles. The van der Waals surface area contributed by atoms with Gasteiger partial charge in [-0.05, 0) is 24.1 Å². The Kier molecular flexibility index (Phi) is 2.96. The molecule has 2 heterocycles. The highest BCUT2D eigenvalue weighted by Crippen LogP contribution is 2.26. The summed E-state index contributed by atoms with van der Waals surface area (Å²) in [6, 6.07) is 4.25. The maximum Gasteiger partial charge on any atom is 0.180 e. The summed E-state index contributed by atoms with van der Waals surface area (Å²) in [6.45, 7) is 0. The normalized spacial score (nSPS) is 12.7. The third-order valence-electron chi connectivity index (χ3n) is 3.03. The number of aromatic nitrogens is 4. The number of nitrogens with one attached hydrogen (secondary N) is 1. The minimum atomic E-state index is -0.367. The highest BCUT2D eigenvalue weighted by Gasteiger charge is 2.13. The molecular weight excluding hydrogens is 258 g/mol. The number of fused-ring (bicyclic) bond motifs is 1. The van der Waals surface area contributed by atoms with E-state index in [2.05, 4.69) is 19.9 Å². The van der Waals surface area contributed by atoms with Gasteiger partial charge in [-0.25, -0.2) is 15.0 Å². The van der Waals surface area contributed by atoms with Crippen molar-refractivity contribution in [2.45, 2.75) is 12.5 Å². The second kappa shape index (κ2) is 4.78. The van der Waals surface area contributed by atoms with Crippen molar-refractivity contribution in [1.82, 2.24) is 19.9 Å². The molecule has 5 N–H and O–H groups in total. The fourth-order valence-corrected chi connectivity index (χ4v) is 2.00. The monoisotopic (exact) mass is 271 g/mol. The quantitative estimate of drug-likeness (QED) is 0.527. The lowest BCUT2D eigenvalue weighted by Crippen LogP contribution is -2.14. The summed E-state index contributed by atoms with van der Waals surface area (Å²) in [4.78, 5) is 15.3. The maximum atomic E-state index is 9.47. The smallest absolute Gasteiger partial charge is 0.180 e. The van der Waals surface area contributed by atoms with Gasteiger partial charge in [0.25, 0.3) is 0 Å². The number of nitrogens with two attached hydrogens (primary N) is 1. The van der Waals surface area contributed by atoms with Gasteiger partial charge in [-0.15, -0.1) is 0 Å². The molecule has 3 rings (SSSR count). The van der Waals surface area contributed by atoms with Crippen LogP contribution in [0.25, 0.3) is 11.2 Å². The Labute approximate surface area is 114 Å². The maximum absolute atomic E-state index is 9.47. The number of hydrogen-bond donors (Lipinski definition) is 4. The predicted molar refractivity (Wildman–Crippen MR) is 72.1 cm³/mol. The van der Waals surface area contributed by atoms with E-state index in [0.717, 1.165) is 11.1 Å². The first-order chi connectivity index (χ1) is 9.63. The molecule has 0 saturated carbocycles. The van der Waals surface area contributed by atoms with E-state index in [0.29, 0.717) is 17.9 Å². The van der Waals surface area contributed by atoms with Crippen LogP contribution in [0.3, 0.4) is 0 Å².